The number of ether oxygens (including phenoxy) is 2. The van der Waals surface area contributed by atoms with E-state index in [-0.39, 0.29) is 29.3 Å². The van der Waals surface area contributed by atoms with Gasteiger partial charge in [-0.05, 0) is 48.7 Å². The Morgan fingerprint density at radius 3 is 2.67 bits per heavy atom. The minimum absolute atomic E-state index is 0.0428. The maximum absolute atomic E-state index is 13.0. The van der Waals surface area contributed by atoms with Crippen molar-refractivity contribution >= 4 is 28.7 Å². The zero-order chi connectivity index (χ0) is 22.7. The van der Waals surface area contributed by atoms with Crippen molar-refractivity contribution in [3.8, 4) is 11.5 Å². The highest BCUT2D eigenvalue weighted by atomic mass is 16.5. The van der Waals surface area contributed by atoms with Crippen LogP contribution in [0.15, 0.2) is 69.6 Å². The Bertz CT molecular complexity index is 1570. The fourth-order valence-electron chi connectivity index (χ4n) is 4.46. The summed E-state index contributed by atoms with van der Waals surface area (Å²) in [6.07, 6.45) is 1.49. The molecule has 6 rings (SSSR count). The number of allylic oxidation sites excluding steroid dienone is 1. The smallest absolute Gasteiger partial charge is 0.312 e. The van der Waals surface area contributed by atoms with Gasteiger partial charge in [-0.25, -0.2) is 0 Å². The second-order valence-electron chi connectivity index (χ2n) is 8.11. The first-order valence-electron chi connectivity index (χ1n) is 10.5. The van der Waals surface area contributed by atoms with Gasteiger partial charge in [0, 0.05) is 28.6 Å². The highest BCUT2D eigenvalue weighted by Gasteiger charge is 2.39. The van der Waals surface area contributed by atoms with Crippen LogP contribution in [0.3, 0.4) is 0 Å². The normalized spacial score (nSPS) is 18.2. The van der Waals surface area contributed by atoms with E-state index in [9.17, 15) is 14.4 Å². The average Bonchev–Trinajstić information content (AvgIpc) is 3.35. The van der Waals surface area contributed by atoms with E-state index in [4.69, 9.17) is 13.9 Å². The number of esters is 1. The number of H-pyrrole nitrogens is 1. The highest BCUT2D eigenvalue weighted by Crippen LogP contribution is 2.48. The summed E-state index contributed by atoms with van der Waals surface area (Å²) in [4.78, 5) is 41.3. The van der Waals surface area contributed by atoms with Crippen LogP contribution < -0.4 is 15.0 Å². The molecule has 0 fully saturated rings. The summed E-state index contributed by atoms with van der Waals surface area (Å²) >= 11 is 0. The van der Waals surface area contributed by atoms with Gasteiger partial charge in [-0.15, -0.1) is 0 Å². The van der Waals surface area contributed by atoms with Gasteiger partial charge < -0.3 is 18.9 Å². The van der Waals surface area contributed by atoms with E-state index in [2.05, 4.69) is 4.98 Å². The number of benzene rings is 2. The zero-order valence-corrected chi connectivity index (χ0v) is 17.5. The third-order valence-electron chi connectivity index (χ3n) is 5.97. The van der Waals surface area contributed by atoms with Gasteiger partial charge in [-0.1, -0.05) is 18.2 Å². The van der Waals surface area contributed by atoms with E-state index in [1.807, 2.05) is 31.2 Å². The number of para-hydroxylation sites is 1. The number of ketones is 1. The number of carbonyl (C=O) groups excluding carboxylic acids is 2. The average molecular weight is 439 g/mol. The Kier molecular flexibility index (Phi) is 4.13. The number of aromatic nitrogens is 1. The number of rotatable bonds is 2. The second-order valence-corrected chi connectivity index (χ2v) is 8.11. The van der Waals surface area contributed by atoms with E-state index < -0.39 is 11.9 Å². The van der Waals surface area contributed by atoms with Gasteiger partial charge in [-0.3, -0.25) is 14.4 Å². The summed E-state index contributed by atoms with van der Waals surface area (Å²) in [5.74, 6) is 0.521. The molecule has 0 radical (unpaired) electrons. The number of aromatic amines is 1. The van der Waals surface area contributed by atoms with Crippen molar-refractivity contribution in [3.05, 3.63) is 98.9 Å². The van der Waals surface area contributed by atoms with Crippen molar-refractivity contribution < 1.29 is 23.5 Å². The van der Waals surface area contributed by atoms with Crippen molar-refractivity contribution in [1.29, 1.82) is 0 Å². The van der Waals surface area contributed by atoms with Crippen LogP contribution in [0, 0.1) is 6.92 Å². The van der Waals surface area contributed by atoms with Gasteiger partial charge in [0.1, 0.15) is 23.0 Å². The fraction of sp³-hybridized carbons (Fsp3) is 0.115. The fourth-order valence-corrected chi connectivity index (χ4v) is 4.46. The molecule has 7 heteroatoms. The minimum atomic E-state index is -0.623. The minimum Gasteiger partial charge on any atom is -0.462 e. The number of furan rings is 1. The number of aryl methyl sites for hydroxylation is 1. The summed E-state index contributed by atoms with van der Waals surface area (Å²) in [5.41, 5.74) is 1.68. The molecule has 1 unspecified atom stereocenters. The van der Waals surface area contributed by atoms with Crippen LogP contribution in [0.25, 0.3) is 17.0 Å². The van der Waals surface area contributed by atoms with Crippen molar-refractivity contribution in [2.75, 3.05) is 0 Å². The summed E-state index contributed by atoms with van der Waals surface area (Å²) in [7, 11) is 0. The van der Waals surface area contributed by atoms with Crippen molar-refractivity contribution in [3.63, 3.8) is 0 Å². The van der Waals surface area contributed by atoms with E-state index in [1.165, 1.54) is 6.08 Å². The van der Waals surface area contributed by atoms with Crippen LogP contribution in [0.5, 0.6) is 11.5 Å². The molecule has 0 aliphatic carbocycles. The molecular weight excluding hydrogens is 422 g/mol. The molecule has 4 heterocycles. The molecule has 162 valence electrons. The monoisotopic (exact) mass is 439 g/mol. The molecule has 0 saturated heterocycles. The van der Waals surface area contributed by atoms with Gasteiger partial charge in [0.05, 0.1) is 12.0 Å². The Morgan fingerprint density at radius 2 is 1.85 bits per heavy atom. The predicted molar refractivity (Wildman–Crippen MR) is 119 cm³/mol. The lowest BCUT2D eigenvalue weighted by molar-refractivity contribution is -0.135. The molecule has 0 amide bonds. The number of pyridine rings is 1. The quantitative estimate of drug-likeness (QED) is 0.281. The van der Waals surface area contributed by atoms with Crippen LogP contribution in [-0.4, -0.2) is 16.7 Å². The van der Waals surface area contributed by atoms with Crippen molar-refractivity contribution in [1.82, 2.24) is 4.98 Å². The third-order valence-corrected chi connectivity index (χ3v) is 5.97. The number of hydrogen-bond donors (Lipinski definition) is 1. The first-order valence-corrected chi connectivity index (χ1v) is 10.5. The SMILES string of the molecule is Cc1ccc(C=C2Oc3c(ccc4c3C(c3cc5ccccc5[nH]c3=O)CC(=O)O4)C2=O)o1. The molecule has 33 heavy (non-hydrogen) atoms. The second kappa shape index (κ2) is 7.06. The Balaban J connectivity index is 1.52. The number of hydrogen-bond acceptors (Lipinski definition) is 6. The molecule has 2 aromatic heterocycles. The molecular formula is C26H17NO6. The van der Waals surface area contributed by atoms with Crippen molar-refractivity contribution in [2.45, 2.75) is 19.3 Å². The van der Waals surface area contributed by atoms with E-state index in [0.29, 0.717) is 39.5 Å². The lowest BCUT2D eigenvalue weighted by Crippen LogP contribution is -2.26. The van der Waals surface area contributed by atoms with Crippen LogP contribution in [0.1, 0.15) is 45.3 Å². The first-order chi connectivity index (χ1) is 16.0. The standard InChI is InChI=1S/C26H17NO6/c1-13-6-7-15(31-13)11-21-24(29)16-8-9-20-23(25(16)33-21)17(12-22(28)32-20)18-10-14-4-2-3-5-19(14)27-26(18)30/h2-11,17H,12H2,1H3,(H,27,30). The summed E-state index contributed by atoms with van der Waals surface area (Å²) < 4.78 is 17.0. The molecule has 2 aromatic carbocycles. The molecule has 1 atom stereocenters. The Morgan fingerprint density at radius 1 is 1.00 bits per heavy atom. The lowest BCUT2D eigenvalue weighted by Gasteiger charge is -2.26. The largest absolute Gasteiger partial charge is 0.462 e. The van der Waals surface area contributed by atoms with E-state index in [0.717, 1.165) is 5.39 Å². The van der Waals surface area contributed by atoms with Gasteiger partial charge in [0.25, 0.3) is 5.56 Å². The maximum atomic E-state index is 13.0. The Labute approximate surface area is 187 Å². The predicted octanol–water partition coefficient (Wildman–Crippen LogP) is 4.49. The van der Waals surface area contributed by atoms with E-state index >= 15 is 0 Å². The van der Waals surface area contributed by atoms with Crippen LogP contribution >= 0.6 is 0 Å². The highest BCUT2D eigenvalue weighted by molar-refractivity contribution is 6.15. The molecule has 0 spiro atoms. The first kappa shape index (κ1) is 19.3. The maximum Gasteiger partial charge on any atom is 0.312 e. The summed E-state index contributed by atoms with van der Waals surface area (Å²) in [5, 5.41) is 0.839. The molecule has 1 N–H and O–H groups in total. The number of Topliss-reactive ketones (excluding diaryl/α,β-unsaturated/α-hetero) is 1. The van der Waals surface area contributed by atoms with Gasteiger partial charge >= 0.3 is 5.97 Å². The van der Waals surface area contributed by atoms with Crippen LogP contribution in [0.4, 0.5) is 0 Å². The van der Waals surface area contributed by atoms with Crippen molar-refractivity contribution in [2.24, 2.45) is 0 Å². The third kappa shape index (κ3) is 3.09. The molecule has 0 bridgehead atoms. The van der Waals surface area contributed by atoms with Gasteiger partial charge in [0.15, 0.2) is 5.76 Å². The zero-order valence-electron chi connectivity index (χ0n) is 17.5. The molecule has 2 aliphatic rings. The summed E-state index contributed by atoms with van der Waals surface area (Å²) in [6, 6.07) is 15.9. The van der Waals surface area contributed by atoms with Crippen LogP contribution in [0.2, 0.25) is 0 Å². The topological polar surface area (TPSA) is 98.6 Å². The molecule has 0 saturated carbocycles. The summed E-state index contributed by atoms with van der Waals surface area (Å²) in [6.45, 7) is 1.81. The van der Waals surface area contributed by atoms with E-state index in [1.54, 1.807) is 30.3 Å². The van der Waals surface area contributed by atoms with Gasteiger partial charge in [0.2, 0.25) is 5.78 Å². The van der Waals surface area contributed by atoms with Gasteiger partial charge in [-0.2, -0.15) is 0 Å². The van der Waals surface area contributed by atoms with Crippen LogP contribution in [-0.2, 0) is 4.79 Å². The number of nitrogens with one attached hydrogen (secondary N) is 1. The number of fused-ring (bicyclic) bond motifs is 4. The number of carbonyl (C=O) groups is 2. The molecule has 2 aliphatic heterocycles. The molecule has 4 aromatic rings. The molecule has 7 nitrogen and oxygen atoms in total. The Hall–Kier alpha value is -4.39. The lowest BCUT2D eigenvalue weighted by atomic mass is 9.85.